The lowest BCUT2D eigenvalue weighted by atomic mass is 9.83. The maximum atomic E-state index is 13.4. The van der Waals surface area contributed by atoms with Gasteiger partial charge in [-0.25, -0.2) is 24.0 Å². The summed E-state index contributed by atoms with van der Waals surface area (Å²) in [6.45, 7) is 7.15. The molecule has 10 heteroatoms. The first-order chi connectivity index (χ1) is 17.8. The van der Waals surface area contributed by atoms with Crippen molar-refractivity contribution >= 4 is 29.8 Å². The Morgan fingerprint density at radius 1 is 0.459 bits per heavy atom. The van der Waals surface area contributed by atoms with Crippen LogP contribution in [0.25, 0.3) is 11.1 Å². The van der Waals surface area contributed by atoms with Gasteiger partial charge in [-0.1, -0.05) is 30.3 Å². The molecule has 2 aromatic carbocycles. The molecule has 0 radical (unpaired) electrons. The standard InChI is InChI=1S/C27H30O10/c1-6-33-23(28)18-17(16-14-12-11-13-15-16)19(24(29)34-7-2)21(26(31)36-9-4)22(27(32)37-10-5)20(18)25(30)35-8-3/h11-15H,6-10H2,1-5H3. The van der Waals surface area contributed by atoms with Gasteiger partial charge in [0.15, 0.2) is 0 Å². The Morgan fingerprint density at radius 3 is 1.03 bits per heavy atom. The van der Waals surface area contributed by atoms with E-state index in [1.54, 1.807) is 44.2 Å². The minimum atomic E-state index is -1.13. The molecule has 0 aromatic heterocycles. The normalized spacial score (nSPS) is 10.3. The van der Waals surface area contributed by atoms with Gasteiger partial charge in [-0.2, -0.15) is 0 Å². The predicted octanol–water partition coefficient (Wildman–Crippen LogP) is 4.24. The molecule has 0 amide bonds. The number of carbonyl (C=O) groups is 5. The smallest absolute Gasteiger partial charge is 0.339 e. The zero-order chi connectivity index (χ0) is 27.5. The number of rotatable bonds is 11. The van der Waals surface area contributed by atoms with Gasteiger partial charge >= 0.3 is 29.8 Å². The highest BCUT2D eigenvalue weighted by atomic mass is 16.6. The van der Waals surface area contributed by atoms with E-state index in [0.717, 1.165) is 0 Å². The number of ether oxygens (including phenoxy) is 5. The van der Waals surface area contributed by atoms with E-state index in [1.807, 2.05) is 0 Å². The molecule has 0 saturated heterocycles. The van der Waals surface area contributed by atoms with Crippen molar-refractivity contribution in [2.24, 2.45) is 0 Å². The average molecular weight is 515 g/mol. The van der Waals surface area contributed by atoms with E-state index in [2.05, 4.69) is 0 Å². The van der Waals surface area contributed by atoms with Gasteiger partial charge < -0.3 is 23.7 Å². The maximum absolute atomic E-state index is 13.4. The first-order valence-electron chi connectivity index (χ1n) is 11.9. The van der Waals surface area contributed by atoms with Crippen molar-refractivity contribution in [2.45, 2.75) is 34.6 Å². The van der Waals surface area contributed by atoms with Crippen molar-refractivity contribution in [2.75, 3.05) is 33.0 Å². The first-order valence-corrected chi connectivity index (χ1v) is 11.9. The summed E-state index contributed by atoms with van der Waals surface area (Å²) in [5.41, 5.74) is -2.54. The van der Waals surface area contributed by atoms with Crippen molar-refractivity contribution in [1.82, 2.24) is 0 Å². The molecule has 0 saturated carbocycles. The minimum Gasteiger partial charge on any atom is -0.462 e. The van der Waals surface area contributed by atoms with Crippen molar-refractivity contribution in [3.63, 3.8) is 0 Å². The van der Waals surface area contributed by atoms with Crippen molar-refractivity contribution in [3.8, 4) is 11.1 Å². The number of benzene rings is 2. The highest BCUT2D eigenvalue weighted by Gasteiger charge is 2.41. The van der Waals surface area contributed by atoms with Gasteiger partial charge in [-0.3, -0.25) is 0 Å². The van der Waals surface area contributed by atoms with E-state index in [0.29, 0.717) is 0 Å². The van der Waals surface area contributed by atoms with Gasteiger partial charge in [-0.05, 0) is 40.2 Å². The van der Waals surface area contributed by atoms with Crippen molar-refractivity contribution in [3.05, 3.63) is 58.1 Å². The Kier molecular flexibility index (Phi) is 10.8. The summed E-state index contributed by atoms with van der Waals surface area (Å²) >= 11 is 0. The average Bonchev–Trinajstić information content (AvgIpc) is 2.88. The van der Waals surface area contributed by atoms with Gasteiger partial charge in [0, 0.05) is 5.56 Å². The SMILES string of the molecule is CCOC(=O)c1c(C(=O)OCC)c(C(=O)OCC)c(-c2ccccc2)c(C(=O)OCC)c1C(=O)OCC. The number of hydrogen-bond acceptors (Lipinski definition) is 10. The van der Waals surface area contributed by atoms with Crippen LogP contribution in [0.3, 0.4) is 0 Å². The summed E-state index contributed by atoms with van der Waals surface area (Å²) < 4.78 is 26.0. The second-order valence-electron chi connectivity index (χ2n) is 7.22. The van der Waals surface area contributed by atoms with Gasteiger partial charge in [-0.15, -0.1) is 0 Å². The summed E-state index contributed by atoms with van der Waals surface area (Å²) in [6.07, 6.45) is 0. The quantitative estimate of drug-likeness (QED) is 0.317. The van der Waals surface area contributed by atoms with Crippen LogP contribution in [0.2, 0.25) is 0 Å². The molecule has 37 heavy (non-hydrogen) atoms. The fourth-order valence-corrected chi connectivity index (χ4v) is 3.68. The van der Waals surface area contributed by atoms with Crippen LogP contribution in [0.5, 0.6) is 0 Å². The maximum Gasteiger partial charge on any atom is 0.339 e. The van der Waals surface area contributed by atoms with E-state index < -0.39 is 57.7 Å². The molecule has 198 valence electrons. The van der Waals surface area contributed by atoms with Crippen LogP contribution < -0.4 is 0 Å². The Bertz CT molecular complexity index is 1110. The fraction of sp³-hybridized carbons (Fsp3) is 0.370. The van der Waals surface area contributed by atoms with Gasteiger partial charge in [0.25, 0.3) is 0 Å². The van der Waals surface area contributed by atoms with Gasteiger partial charge in [0.05, 0.1) is 60.9 Å². The van der Waals surface area contributed by atoms with Crippen LogP contribution in [-0.4, -0.2) is 62.9 Å². The monoisotopic (exact) mass is 514 g/mol. The van der Waals surface area contributed by atoms with Crippen LogP contribution in [0, 0.1) is 0 Å². The third-order valence-electron chi connectivity index (χ3n) is 4.96. The third kappa shape index (κ3) is 6.32. The lowest BCUT2D eigenvalue weighted by molar-refractivity contribution is 0.0434. The molecule has 2 aromatic rings. The largest absolute Gasteiger partial charge is 0.462 e. The van der Waals surface area contributed by atoms with E-state index in [1.165, 1.54) is 20.8 Å². The molecule has 0 fully saturated rings. The highest BCUT2D eigenvalue weighted by Crippen LogP contribution is 2.38. The van der Waals surface area contributed by atoms with E-state index in [-0.39, 0.29) is 44.2 Å². The van der Waals surface area contributed by atoms with E-state index in [4.69, 9.17) is 23.7 Å². The Hall–Kier alpha value is -4.21. The molecule has 0 atom stereocenters. The van der Waals surface area contributed by atoms with Crippen molar-refractivity contribution < 1.29 is 47.7 Å². The summed E-state index contributed by atoms with van der Waals surface area (Å²) in [4.78, 5) is 66.7. The molecular formula is C27H30O10. The Balaban J connectivity index is 3.35. The second kappa shape index (κ2) is 13.8. The first kappa shape index (κ1) is 29.0. The second-order valence-corrected chi connectivity index (χ2v) is 7.22. The van der Waals surface area contributed by atoms with E-state index >= 15 is 0 Å². The molecule has 0 aliphatic rings. The van der Waals surface area contributed by atoms with Crippen LogP contribution in [0.15, 0.2) is 30.3 Å². The molecule has 0 aliphatic heterocycles. The predicted molar refractivity (Wildman–Crippen MR) is 132 cm³/mol. The molecule has 0 unspecified atom stereocenters. The number of hydrogen-bond donors (Lipinski definition) is 0. The van der Waals surface area contributed by atoms with E-state index in [9.17, 15) is 24.0 Å². The fourth-order valence-electron chi connectivity index (χ4n) is 3.68. The lowest BCUT2D eigenvalue weighted by Crippen LogP contribution is -2.28. The lowest BCUT2D eigenvalue weighted by Gasteiger charge is -2.23. The summed E-state index contributed by atoms with van der Waals surface area (Å²) in [6, 6.07) is 8.09. The van der Waals surface area contributed by atoms with Crippen LogP contribution in [-0.2, 0) is 23.7 Å². The van der Waals surface area contributed by atoms with Crippen LogP contribution in [0.1, 0.15) is 86.4 Å². The van der Waals surface area contributed by atoms with Crippen LogP contribution in [0.4, 0.5) is 0 Å². The summed E-state index contributed by atoms with van der Waals surface area (Å²) in [5, 5.41) is 0. The topological polar surface area (TPSA) is 132 Å². The highest BCUT2D eigenvalue weighted by molar-refractivity contribution is 6.23. The molecule has 10 nitrogen and oxygen atoms in total. The van der Waals surface area contributed by atoms with Gasteiger partial charge in [0.1, 0.15) is 0 Å². The van der Waals surface area contributed by atoms with Crippen LogP contribution >= 0.6 is 0 Å². The minimum absolute atomic E-state index is 0.0849. The summed E-state index contributed by atoms with van der Waals surface area (Å²) in [5.74, 6) is -5.35. The molecule has 0 N–H and O–H groups in total. The molecule has 2 rings (SSSR count). The third-order valence-corrected chi connectivity index (χ3v) is 4.96. The summed E-state index contributed by atoms with van der Waals surface area (Å²) in [7, 11) is 0. The Morgan fingerprint density at radius 2 is 0.730 bits per heavy atom. The molecule has 0 heterocycles. The molecule has 0 spiro atoms. The molecule has 0 aliphatic carbocycles. The Labute approximate surface area is 214 Å². The molecular weight excluding hydrogens is 484 g/mol. The number of carbonyl (C=O) groups excluding carboxylic acids is 5. The number of esters is 5. The zero-order valence-corrected chi connectivity index (χ0v) is 21.5. The zero-order valence-electron chi connectivity index (χ0n) is 21.5. The van der Waals surface area contributed by atoms with Crippen molar-refractivity contribution in [1.29, 1.82) is 0 Å². The molecule has 0 bridgehead atoms. The van der Waals surface area contributed by atoms with Gasteiger partial charge in [0.2, 0.25) is 0 Å².